The average Bonchev–Trinajstić information content (AvgIpc) is 2.80. The number of alkyl halides is 3. The van der Waals surface area contributed by atoms with Crippen LogP contribution in [0, 0.1) is 6.92 Å². The fourth-order valence-corrected chi connectivity index (χ4v) is 3.92. The zero-order chi connectivity index (χ0) is 24.1. The molecule has 3 heterocycles. The Kier molecular flexibility index (Phi) is 7.06. The van der Waals surface area contributed by atoms with Crippen LogP contribution in [0.4, 0.5) is 41.1 Å². The number of nitrogens with one attached hydrogen (secondary N) is 2. The SMILES string of the molecule is Cc1ccnc(Nc2ccc(N3CCN(C(=O)Nc4ccc(SC(F)(F)F)cc4)CC3)nn2)c1. The first-order valence-corrected chi connectivity index (χ1v) is 11.3. The second-order valence-electron chi connectivity index (χ2n) is 7.60. The minimum Gasteiger partial charge on any atom is -0.352 e. The minimum atomic E-state index is -4.34. The van der Waals surface area contributed by atoms with Crippen molar-refractivity contribution in [3.63, 3.8) is 0 Å². The summed E-state index contributed by atoms with van der Waals surface area (Å²) in [6.45, 7) is 4.09. The zero-order valence-electron chi connectivity index (χ0n) is 18.2. The summed E-state index contributed by atoms with van der Waals surface area (Å²) < 4.78 is 37.3. The van der Waals surface area contributed by atoms with Gasteiger partial charge in [-0.05, 0) is 72.8 Å². The van der Waals surface area contributed by atoms with Gasteiger partial charge in [0, 0.05) is 43.0 Å². The molecule has 1 fully saturated rings. The maximum absolute atomic E-state index is 12.5. The molecular formula is C22H22F3N7OS. The molecule has 0 saturated carbocycles. The number of carbonyl (C=O) groups excluding carboxylic acids is 1. The van der Waals surface area contributed by atoms with E-state index in [0.29, 0.717) is 49.3 Å². The van der Waals surface area contributed by atoms with Crippen LogP contribution in [0.3, 0.4) is 0 Å². The fraction of sp³-hybridized carbons (Fsp3) is 0.273. The molecule has 0 bridgehead atoms. The molecular weight excluding hydrogens is 467 g/mol. The standard InChI is InChI=1S/C22H22F3N7OS/c1-15-8-9-26-19(14-15)28-18-6-7-20(30-29-18)31-10-12-32(13-11-31)21(33)27-16-2-4-17(5-3-16)34-22(23,24)25/h2-9,14H,10-13H2,1H3,(H,27,33)(H,26,28,29). The average molecular weight is 490 g/mol. The molecule has 0 unspecified atom stereocenters. The van der Waals surface area contributed by atoms with Crippen molar-refractivity contribution >= 4 is 40.9 Å². The summed E-state index contributed by atoms with van der Waals surface area (Å²) in [5, 5.41) is 14.3. The van der Waals surface area contributed by atoms with Crippen LogP contribution in [-0.2, 0) is 0 Å². The van der Waals surface area contributed by atoms with Crippen LogP contribution in [-0.4, -0.2) is 57.8 Å². The van der Waals surface area contributed by atoms with E-state index in [1.54, 1.807) is 11.1 Å². The lowest BCUT2D eigenvalue weighted by atomic mass is 10.3. The van der Waals surface area contributed by atoms with Crippen LogP contribution in [0.2, 0.25) is 0 Å². The molecule has 0 spiro atoms. The van der Waals surface area contributed by atoms with Gasteiger partial charge in [0.1, 0.15) is 5.82 Å². The van der Waals surface area contributed by atoms with Gasteiger partial charge in [-0.2, -0.15) is 13.2 Å². The van der Waals surface area contributed by atoms with Gasteiger partial charge in [0.15, 0.2) is 11.6 Å². The molecule has 2 N–H and O–H groups in total. The quantitative estimate of drug-likeness (QED) is 0.494. The maximum Gasteiger partial charge on any atom is 0.446 e. The third-order valence-corrected chi connectivity index (χ3v) is 5.79. The van der Waals surface area contributed by atoms with E-state index in [2.05, 4.69) is 25.8 Å². The third-order valence-electron chi connectivity index (χ3n) is 5.05. The molecule has 178 valence electrons. The maximum atomic E-state index is 12.5. The molecule has 1 aromatic carbocycles. The number of aryl methyl sites for hydroxylation is 1. The first-order chi connectivity index (χ1) is 16.2. The van der Waals surface area contributed by atoms with Crippen molar-refractivity contribution in [3.8, 4) is 0 Å². The molecule has 1 saturated heterocycles. The Morgan fingerprint density at radius 2 is 1.71 bits per heavy atom. The van der Waals surface area contributed by atoms with E-state index in [4.69, 9.17) is 0 Å². The monoisotopic (exact) mass is 489 g/mol. The van der Waals surface area contributed by atoms with Gasteiger partial charge in [0.25, 0.3) is 0 Å². The van der Waals surface area contributed by atoms with Crippen molar-refractivity contribution in [2.45, 2.75) is 17.3 Å². The van der Waals surface area contributed by atoms with Crippen LogP contribution in [0.15, 0.2) is 59.6 Å². The first-order valence-electron chi connectivity index (χ1n) is 10.5. The molecule has 2 aromatic heterocycles. The number of urea groups is 1. The number of hydrogen-bond donors (Lipinski definition) is 2. The summed E-state index contributed by atoms with van der Waals surface area (Å²) >= 11 is -0.191. The second kappa shape index (κ2) is 10.2. The summed E-state index contributed by atoms with van der Waals surface area (Å²) in [6, 6.07) is 12.8. The number of rotatable bonds is 5. The van der Waals surface area contributed by atoms with Crippen LogP contribution in [0.1, 0.15) is 5.56 Å². The van der Waals surface area contributed by atoms with Crippen molar-refractivity contribution in [2.24, 2.45) is 0 Å². The summed E-state index contributed by atoms with van der Waals surface area (Å²) in [5.41, 5.74) is -2.82. The Labute approximate surface area is 198 Å². The highest BCUT2D eigenvalue weighted by molar-refractivity contribution is 8.00. The van der Waals surface area contributed by atoms with Crippen molar-refractivity contribution in [1.29, 1.82) is 0 Å². The van der Waals surface area contributed by atoms with Gasteiger partial charge in [-0.1, -0.05) is 0 Å². The minimum absolute atomic E-state index is 0.0663. The van der Waals surface area contributed by atoms with Crippen molar-refractivity contribution < 1.29 is 18.0 Å². The van der Waals surface area contributed by atoms with E-state index in [-0.39, 0.29) is 22.7 Å². The van der Waals surface area contributed by atoms with Crippen molar-refractivity contribution in [3.05, 3.63) is 60.3 Å². The smallest absolute Gasteiger partial charge is 0.352 e. The second-order valence-corrected chi connectivity index (χ2v) is 8.74. The van der Waals surface area contributed by atoms with E-state index in [9.17, 15) is 18.0 Å². The Balaban J connectivity index is 1.27. The van der Waals surface area contributed by atoms with Crippen LogP contribution >= 0.6 is 11.8 Å². The molecule has 0 radical (unpaired) electrons. The van der Waals surface area contributed by atoms with E-state index in [1.807, 2.05) is 36.1 Å². The first kappa shape index (κ1) is 23.6. The molecule has 12 heteroatoms. The van der Waals surface area contributed by atoms with Gasteiger partial charge in [-0.25, -0.2) is 9.78 Å². The summed E-state index contributed by atoms with van der Waals surface area (Å²) in [5.74, 6) is 1.98. The number of anilines is 4. The predicted octanol–water partition coefficient (Wildman–Crippen LogP) is 4.89. The van der Waals surface area contributed by atoms with Gasteiger partial charge in [0.05, 0.1) is 0 Å². The van der Waals surface area contributed by atoms with Gasteiger partial charge in [-0.15, -0.1) is 10.2 Å². The number of piperazine rings is 1. The van der Waals surface area contributed by atoms with Crippen molar-refractivity contribution in [2.75, 3.05) is 41.7 Å². The van der Waals surface area contributed by atoms with Crippen LogP contribution in [0.5, 0.6) is 0 Å². The van der Waals surface area contributed by atoms with E-state index in [0.717, 1.165) is 5.56 Å². The summed E-state index contributed by atoms with van der Waals surface area (Å²) in [4.78, 5) is 20.5. The van der Waals surface area contributed by atoms with E-state index < -0.39 is 5.51 Å². The predicted molar refractivity (Wildman–Crippen MR) is 125 cm³/mol. The Morgan fingerprint density at radius 1 is 0.971 bits per heavy atom. The van der Waals surface area contributed by atoms with E-state index in [1.165, 1.54) is 24.3 Å². The number of thioether (sulfide) groups is 1. The third kappa shape index (κ3) is 6.50. The van der Waals surface area contributed by atoms with Gasteiger partial charge < -0.3 is 20.4 Å². The zero-order valence-corrected chi connectivity index (χ0v) is 19.0. The highest BCUT2D eigenvalue weighted by Gasteiger charge is 2.29. The number of hydrogen-bond acceptors (Lipinski definition) is 7. The Morgan fingerprint density at radius 3 is 2.32 bits per heavy atom. The molecule has 4 rings (SSSR count). The number of aromatic nitrogens is 3. The largest absolute Gasteiger partial charge is 0.446 e. The molecule has 1 aliphatic heterocycles. The number of nitrogens with zero attached hydrogens (tertiary/aromatic N) is 5. The lowest BCUT2D eigenvalue weighted by Gasteiger charge is -2.35. The lowest BCUT2D eigenvalue weighted by Crippen LogP contribution is -2.50. The normalized spacial score (nSPS) is 14.1. The van der Waals surface area contributed by atoms with Crippen molar-refractivity contribution in [1.82, 2.24) is 20.1 Å². The lowest BCUT2D eigenvalue weighted by molar-refractivity contribution is -0.0328. The van der Waals surface area contributed by atoms with E-state index >= 15 is 0 Å². The van der Waals surface area contributed by atoms with Gasteiger partial charge in [-0.3, -0.25) is 0 Å². The molecule has 34 heavy (non-hydrogen) atoms. The summed E-state index contributed by atoms with van der Waals surface area (Å²) in [7, 11) is 0. The van der Waals surface area contributed by atoms with Gasteiger partial charge >= 0.3 is 11.5 Å². The molecule has 0 aliphatic carbocycles. The molecule has 3 aromatic rings. The number of pyridine rings is 1. The number of amides is 2. The fourth-order valence-electron chi connectivity index (χ4n) is 3.38. The molecule has 0 atom stereocenters. The number of halogens is 3. The van der Waals surface area contributed by atoms with Crippen LogP contribution in [0.25, 0.3) is 0 Å². The highest BCUT2D eigenvalue weighted by Crippen LogP contribution is 2.37. The topological polar surface area (TPSA) is 86.3 Å². The Bertz CT molecular complexity index is 1120. The number of benzene rings is 1. The van der Waals surface area contributed by atoms with Gasteiger partial charge in [0.2, 0.25) is 0 Å². The highest BCUT2D eigenvalue weighted by atomic mass is 32.2. The van der Waals surface area contributed by atoms with Crippen LogP contribution < -0.4 is 15.5 Å². The Hall–Kier alpha value is -3.54. The molecule has 1 aliphatic rings. The number of carbonyl (C=O) groups is 1. The molecule has 8 nitrogen and oxygen atoms in total. The summed E-state index contributed by atoms with van der Waals surface area (Å²) in [6.07, 6.45) is 1.72. The molecule has 2 amide bonds.